The average molecular weight is 283 g/mol. The largest absolute Gasteiger partial charge is 0.326 e. The van der Waals surface area contributed by atoms with E-state index in [0.717, 1.165) is 5.69 Å². The van der Waals surface area contributed by atoms with Crippen LogP contribution < -0.4 is 11.1 Å². The second kappa shape index (κ2) is 7.51. The molecule has 1 aromatic carbocycles. The van der Waals surface area contributed by atoms with Gasteiger partial charge >= 0.3 is 0 Å². The number of anilines is 1. The zero-order valence-electron chi connectivity index (χ0n) is 11.4. The molecule has 19 heavy (non-hydrogen) atoms. The molecule has 0 aliphatic heterocycles. The lowest BCUT2D eigenvalue weighted by Crippen LogP contribution is -2.23. The SMILES string of the molecule is CC(=O)Nc1ccc([C@@H](N)C2CCCCC2)cc1.Cl. The number of carbonyl (C=O) groups excluding carboxylic acids is 1. The van der Waals surface area contributed by atoms with Crippen molar-refractivity contribution >= 4 is 24.0 Å². The third kappa shape index (κ3) is 4.51. The van der Waals surface area contributed by atoms with Crippen LogP contribution in [0.3, 0.4) is 0 Å². The van der Waals surface area contributed by atoms with Gasteiger partial charge in [0.2, 0.25) is 5.91 Å². The molecule has 2 rings (SSSR count). The number of rotatable bonds is 3. The molecule has 1 aliphatic carbocycles. The van der Waals surface area contributed by atoms with E-state index in [1.807, 2.05) is 24.3 Å². The molecule has 0 spiro atoms. The second-order valence-electron chi connectivity index (χ2n) is 5.23. The topological polar surface area (TPSA) is 55.1 Å². The minimum atomic E-state index is -0.0423. The summed E-state index contributed by atoms with van der Waals surface area (Å²) in [6.07, 6.45) is 6.46. The Morgan fingerprint density at radius 3 is 2.32 bits per heavy atom. The minimum absolute atomic E-state index is 0. The summed E-state index contributed by atoms with van der Waals surface area (Å²) in [6.45, 7) is 1.52. The lowest BCUT2D eigenvalue weighted by Gasteiger charge is -2.27. The third-order valence-corrected chi connectivity index (χ3v) is 3.77. The van der Waals surface area contributed by atoms with Crippen molar-refractivity contribution < 1.29 is 4.79 Å². The molecule has 0 heterocycles. The molecule has 4 heteroatoms. The van der Waals surface area contributed by atoms with Crippen LogP contribution in [0.4, 0.5) is 5.69 Å². The van der Waals surface area contributed by atoms with Gasteiger partial charge in [0.05, 0.1) is 0 Å². The van der Waals surface area contributed by atoms with Gasteiger partial charge in [-0.2, -0.15) is 0 Å². The predicted octanol–water partition coefficient (Wildman–Crippen LogP) is 3.65. The van der Waals surface area contributed by atoms with Crippen molar-refractivity contribution in [1.29, 1.82) is 0 Å². The minimum Gasteiger partial charge on any atom is -0.326 e. The molecule has 1 amide bonds. The van der Waals surface area contributed by atoms with E-state index in [1.165, 1.54) is 44.6 Å². The van der Waals surface area contributed by atoms with Crippen LogP contribution in [0.5, 0.6) is 0 Å². The van der Waals surface area contributed by atoms with Gasteiger partial charge in [-0.15, -0.1) is 12.4 Å². The van der Waals surface area contributed by atoms with Crippen LogP contribution in [0.25, 0.3) is 0 Å². The summed E-state index contributed by atoms with van der Waals surface area (Å²) < 4.78 is 0. The highest BCUT2D eigenvalue weighted by atomic mass is 35.5. The van der Waals surface area contributed by atoms with Gasteiger partial charge in [-0.25, -0.2) is 0 Å². The van der Waals surface area contributed by atoms with Crippen molar-refractivity contribution in [3.63, 3.8) is 0 Å². The first-order valence-electron chi connectivity index (χ1n) is 6.80. The van der Waals surface area contributed by atoms with Crippen LogP contribution in [0.2, 0.25) is 0 Å². The summed E-state index contributed by atoms with van der Waals surface area (Å²) in [4.78, 5) is 10.9. The maximum Gasteiger partial charge on any atom is 0.221 e. The molecule has 0 unspecified atom stereocenters. The van der Waals surface area contributed by atoms with E-state index in [0.29, 0.717) is 5.92 Å². The maximum atomic E-state index is 10.9. The molecule has 0 saturated heterocycles. The van der Waals surface area contributed by atoms with Crippen molar-refractivity contribution in [2.75, 3.05) is 5.32 Å². The number of hydrogen-bond acceptors (Lipinski definition) is 2. The highest BCUT2D eigenvalue weighted by Gasteiger charge is 2.21. The van der Waals surface area contributed by atoms with Gasteiger partial charge < -0.3 is 11.1 Å². The van der Waals surface area contributed by atoms with Crippen molar-refractivity contribution in [3.8, 4) is 0 Å². The van der Waals surface area contributed by atoms with E-state index in [4.69, 9.17) is 5.73 Å². The normalized spacial score (nSPS) is 17.4. The molecular weight excluding hydrogens is 260 g/mol. The van der Waals surface area contributed by atoms with E-state index in [9.17, 15) is 4.79 Å². The summed E-state index contributed by atoms with van der Waals surface area (Å²) >= 11 is 0. The van der Waals surface area contributed by atoms with E-state index >= 15 is 0 Å². The Hall–Kier alpha value is -1.06. The fourth-order valence-electron chi connectivity index (χ4n) is 2.76. The Morgan fingerprint density at radius 1 is 1.21 bits per heavy atom. The summed E-state index contributed by atoms with van der Waals surface area (Å²) in [5.74, 6) is 0.574. The summed E-state index contributed by atoms with van der Waals surface area (Å²) in [5, 5.41) is 2.77. The van der Waals surface area contributed by atoms with Crippen LogP contribution in [-0.4, -0.2) is 5.91 Å². The van der Waals surface area contributed by atoms with Gasteiger partial charge in [-0.1, -0.05) is 31.4 Å². The van der Waals surface area contributed by atoms with Crippen LogP contribution >= 0.6 is 12.4 Å². The molecule has 3 N–H and O–H groups in total. The molecule has 0 aromatic heterocycles. The molecule has 1 aliphatic rings. The van der Waals surface area contributed by atoms with Gasteiger partial charge in [0, 0.05) is 18.7 Å². The highest BCUT2D eigenvalue weighted by molar-refractivity contribution is 5.88. The monoisotopic (exact) mass is 282 g/mol. The zero-order valence-corrected chi connectivity index (χ0v) is 12.2. The van der Waals surface area contributed by atoms with Crippen molar-refractivity contribution in [2.45, 2.75) is 45.1 Å². The van der Waals surface area contributed by atoms with Crippen LogP contribution in [0.1, 0.15) is 50.6 Å². The van der Waals surface area contributed by atoms with E-state index in [2.05, 4.69) is 5.32 Å². The average Bonchev–Trinajstić information content (AvgIpc) is 2.39. The molecule has 1 aromatic rings. The quantitative estimate of drug-likeness (QED) is 0.889. The van der Waals surface area contributed by atoms with E-state index in [1.54, 1.807) is 0 Å². The first-order chi connectivity index (χ1) is 8.66. The first-order valence-corrected chi connectivity index (χ1v) is 6.80. The van der Waals surface area contributed by atoms with Crippen LogP contribution in [-0.2, 0) is 4.79 Å². The molecule has 106 valence electrons. The predicted molar refractivity (Wildman–Crippen MR) is 81.5 cm³/mol. The molecule has 0 bridgehead atoms. The van der Waals surface area contributed by atoms with Crippen molar-refractivity contribution in [3.05, 3.63) is 29.8 Å². The maximum absolute atomic E-state index is 10.9. The molecule has 1 fully saturated rings. The van der Waals surface area contributed by atoms with E-state index in [-0.39, 0.29) is 24.4 Å². The fourth-order valence-corrected chi connectivity index (χ4v) is 2.76. The number of hydrogen-bond donors (Lipinski definition) is 2. The number of benzene rings is 1. The Morgan fingerprint density at radius 2 is 1.79 bits per heavy atom. The Labute approximate surface area is 121 Å². The van der Waals surface area contributed by atoms with Gasteiger partial charge in [0.15, 0.2) is 0 Å². The standard InChI is InChI=1S/C15H22N2O.ClH/c1-11(18)17-14-9-7-13(8-10-14)15(16)12-5-3-2-4-6-12;/h7-10,12,15H,2-6,16H2,1H3,(H,17,18);1H/t15-;/m0./s1. The summed E-state index contributed by atoms with van der Waals surface area (Å²) in [5.41, 5.74) is 8.35. The molecular formula is C15H23ClN2O. The van der Waals surface area contributed by atoms with Crippen molar-refractivity contribution in [1.82, 2.24) is 0 Å². The van der Waals surface area contributed by atoms with Crippen LogP contribution in [0.15, 0.2) is 24.3 Å². The summed E-state index contributed by atoms with van der Waals surface area (Å²) in [6, 6.07) is 8.06. The number of amides is 1. The number of nitrogens with two attached hydrogens (primary N) is 1. The smallest absolute Gasteiger partial charge is 0.221 e. The number of halogens is 1. The Balaban J connectivity index is 0.00000180. The van der Waals surface area contributed by atoms with Crippen LogP contribution in [0, 0.1) is 5.92 Å². The number of nitrogens with one attached hydrogen (secondary N) is 1. The van der Waals surface area contributed by atoms with E-state index < -0.39 is 0 Å². The Kier molecular flexibility index (Phi) is 6.32. The first kappa shape index (κ1) is 16.0. The van der Waals surface area contributed by atoms with Gasteiger partial charge in [0.1, 0.15) is 0 Å². The van der Waals surface area contributed by atoms with Gasteiger partial charge in [0.25, 0.3) is 0 Å². The fraction of sp³-hybridized carbons (Fsp3) is 0.533. The van der Waals surface area contributed by atoms with Crippen molar-refractivity contribution in [2.24, 2.45) is 11.7 Å². The zero-order chi connectivity index (χ0) is 13.0. The Bertz CT molecular complexity index is 399. The summed E-state index contributed by atoms with van der Waals surface area (Å²) in [7, 11) is 0. The van der Waals surface area contributed by atoms with Gasteiger partial charge in [-0.3, -0.25) is 4.79 Å². The lowest BCUT2D eigenvalue weighted by molar-refractivity contribution is -0.114. The molecule has 1 saturated carbocycles. The second-order valence-corrected chi connectivity index (χ2v) is 5.23. The van der Waals surface area contributed by atoms with Gasteiger partial charge in [-0.05, 0) is 36.5 Å². The lowest BCUT2D eigenvalue weighted by atomic mass is 9.81. The molecule has 1 atom stereocenters. The number of carbonyl (C=O) groups is 1. The highest BCUT2D eigenvalue weighted by Crippen LogP contribution is 2.33. The third-order valence-electron chi connectivity index (χ3n) is 3.77. The molecule has 3 nitrogen and oxygen atoms in total. The molecule has 0 radical (unpaired) electrons.